The van der Waals surface area contributed by atoms with Crippen LogP contribution in [-0.4, -0.2) is 17.4 Å². The van der Waals surface area contributed by atoms with Crippen molar-refractivity contribution in [2.75, 3.05) is 0 Å². The Labute approximate surface area is 68.0 Å². The first-order valence-corrected chi connectivity index (χ1v) is 0. The van der Waals surface area contributed by atoms with E-state index in [4.69, 9.17) is 0 Å². The van der Waals surface area contributed by atoms with Gasteiger partial charge in [0.05, 0.1) is 0 Å². The van der Waals surface area contributed by atoms with Crippen molar-refractivity contribution in [3.63, 3.8) is 0 Å². The topological polar surface area (TPSA) is 0 Å². The first-order valence-electron chi connectivity index (χ1n) is 0. The van der Waals surface area contributed by atoms with Crippen LogP contribution in [0.3, 0.4) is 0 Å². The summed E-state index contributed by atoms with van der Waals surface area (Å²) in [5.41, 5.74) is 0. The summed E-state index contributed by atoms with van der Waals surface area (Å²) in [6.07, 6.45) is 0. The van der Waals surface area contributed by atoms with Crippen molar-refractivity contribution in [3.8, 4) is 0 Å². The third-order valence-corrected chi connectivity index (χ3v) is 0. The molecule has 14 valence electrons. The molecule has 4 heteroatoms. The van der Waals surface area contributed by atoms with Crippen LogP contribution >= 0.6 is 0 Å². The van der Waals surface area contributed by atoms with Crippen LogP contribution in [-0.2, 0) is 13.5 Å². The standard InChI is InChI=1S/Al.2Li.S.3H/q;2*+1;-2;;;. The predicted molar refractivity (Wildman–Crippen MR) is 17.3 cm³/mol. The maximum absolute atomic E-state index is 0. The molecular weight excluding hydrogens is 72.9 g/mol. The third kappa shape index (κ3) is 8.95. The molecule has 0 radical (unpaired) electrons. The van der Waals surface area contributed by atoms with Gasteiger partial charge in [-0.15, -0.1) is 0 Å². The van der Waals surface area contributed by atoms with Gasteiger partial charge in [0.15, 0.2) is 17.4 Å². The maximum Gasteiger partial charge on any atom is 1.00 e. The van der Waals surface area contributed by atoms with Gasteiger partial charge in [-0.1, -0.05) is 0 Å². The van der Waals surface area contributed by atoms with Crippen LogP contribution < -0.4 is 37.7 Å². The summed E-state index contributed by atoms with van der Waals surface area (Å²) in [5, 5.41) is 0. The van der Waals surface area contributed by atoms with E-state index in [9.17, 15) is 0 Å². The smallest absolute Gasteiger partial charge is 1.00 e. The maximum atomic E-state index is 0. The average molecular weight is 76.0 g/mol. The molecule has 0 amide bonds. The summed E-state index contributed by atoms with van der Waals surface area (Å²) in [6, 6.07) is 0. The van der Waals surface area contributed by atoms with Gasteiger partial charge in [-0.25, -0.2) is 0 Å². The first-order chi connectivity index (χ1) is 0. The average Bonchev–Trinajstić information content (AvgIpc) is 0. The van der Waals surface area contributed by atoms with E-state index in [1.54, 1.807) is 0 Å². The molecule has 0 atom stereocenters. The molecule has 0 spiro atoms. The molecule has 0 aromatic heterocycles. The molecular formula is H3AlLi2S. The second-order valence-corrected chi connectivity index (χ2v) is 0. The second-order valence-electron chi connectivity index (χ2n) is 0. The molecule has 0 aliphatic carbocycles. The molecule has 0 nitrogen and oxygen atoms in total. The quantitative estimate of drug-likeness (QED) is 0.251. The largest absolute Gasteiger partial charge is 2.00 e. The number of rotatable bonds is 0. The zero-order chi connectivity index (χ0) is 0. The monoisotopic (exact) mass is 76.0 g/mol. The Kier molecular flexibility index (Phi) is 178. The molecule has 0 bridgehead atoms. The Morgan fingerprint density at radius 2 is 0.750 bits per heavy atom. The van der Waals surface area contributed by atoms with E-state index in [-0.39, 0.29) is 68.6 Å². The predicted octanol–water partition coefficient (Wildman–Crippen LogP) is -7.18. The zero-order valence-electron chi connectivity index (χ0n) is 2.41. The van der Waals surface area contributed by atoms with Gasteiger partial charge in [0.1, 0.15) is 0 Å². The van der Waals surface area contributed by atoms with Gasteiger partial charge >= 0.3 is 37.7 Å². The number of hydrogen-bond acceptors (Lipinski definition) is 0. The summed E-state index contributed by atoms with van der Waals surface area (Å²) < 4.78 is 0. The molecule has 0 aromatic carbocycles. The van der Waals surface area contributed by atoms with Crippen LogP contribution in [0.25, 0.3) is 0 Å². The van der Waals surface area contributed by atoms with Crippen molar-refractivity contribution in [2.24, 2.45) is 0 Å². The van der Waals surface area contributed by atoms with Gasteiger partial charge in [-0.3, -0.25) is 0 Å². The minimum Gasteiger partial charge on any atom is -2.00 e. The normalized spacial score (nSPS) is 0. The Hall–Kier alpha value is 2.08. The van der Waals surface area contributed by atoms with E-state index in [0.717, 1.165) is 0 Å². The van der Waals surface area contributed by atoms with Gasteiger partial charge in [-0.05, 0) is 0 Å². The Bertz CT molecular complexity index is 6.00. The van der Waals surface area contributed by atoms with Gasteiger partial charge < -0.3 is 13.5 Å². The molecule has 0 saturated heterocycles. The van der Waals surface area contributed by atoms with Gasteiger partial charge in [0, 0.05) is 0 Å². The van der Waals surface area contributed by atoms with Gasteiger partial charge in [0.2, 0.25) is 0 Å². The summed E-state index contributed by atoms with van der Waals surface area (Å²) in [7, 11) is 0. The van der Waals surface area contributed by atoms with Crippen LogP contribution in [0, 0.1) is 0 Å². The van der Waals surface area contributed by atoms with Crippen molar-refractivity contribution in [1.82, 2.24) is 0 Å². The van der Waals surface area contributed by atoms with Crippen molar-refractivity contribution in [2.45, 2.75) is 0 Å². The zero-order valence-corrected chi connectivity index (χ0v) is 3.22. The SMILES string of the molecule is [AlH3].[Li+].[Li+].[S-2]. The molecule has 0 heterocycles. The molecule has 0 saturated carbocycles. The van der Waals surface area contributed by atoms with E-state index in [1.165, 1.54) is 0 Å². The minimum atomic E-state index is 0. The molecule has 0 aliphatic heterocycles. The van der Waals surface area contributed by atoms with E-state index in [0.29, 0.717) is 0 Å². The van der Waals surface area contributed by atoms with E-state index < -0.39 is 0 Å². The van der Waals surface area contributed by atoms with Crippen molar-refractivity contribution in [3.05, 3.63) is 0 Å². The third-order valence-electron chi connectivity index (χ3n) is 0. The van der Waals surface area contributed by atoms with Crippen LogP contribution in [0.5, 0.6) is 0 Å². The Morgan fingerprint density at radius 3 is 0.750 bits per heavy atom. The molecule has 0 fully saturated rings. The van der Waals surface area contributed by atoms with Crippen LogP contribution in [0.4, 0.5) is 0 Å². The molecule has 0 N–H and O–H groups in total. The fourth-order valence-electron chi connectivity index (χ4n) is 0. The summed E-state index contributed by atoms with van der Waals surface area (Å²) in [5.74, 6) is 0. The second kappa shape index (κ2) is 19.6. The Balaban J connectivity index is 0. The fourth-order valence-corrected chi connectivity index (χ4v) is 0. The Morgan fingerprint density at radius 1 is 0.750 bits per heavy atom. The minimum absolute atomic E-state index is 0. The molecule has 4 heavy (non-hydrogen) atoms. The first kappa shape index (κ1) is 36.3. The van der Waals surface area contributed by atoms with Crippen molar-refractivity contribution in [1.29, 1.82) is 0 Å². The summed E-state index contributed by atoms with van der Waals surface area (Å²) >= 11 is 0. The van der Waals surface area contributed by atoms with Crippen molar-refractivity contribution < 1.29 is 37.7 Å². The molecule has 0 aromatic rings. The van der Waals surface area contributed by atoms with E-state index in [1.807, 2.05) is 0 Å². The fraction of sp³-hybridized carbons (Fsp3) is 0. The van der Waals surface area contributed by atoms with Crippen LogP contribution in [0.2, 0.25) is 0 Å². The summed E-state index contributed by atoms with van der Waals surface area (Å²) in [6.45, 7) is 0. The van der Waals surface area contributed by atoms with Crippen molar-refractivity contribution >= 4 is 30.9 Å². The van der Waals surface area contributed by atoms with Gasteiger partial charge in [-0.2, -0.15) is 0 Å². The molecule has 0 aliphatic rings. The van der Waals surface area contributed by atoms with E-state index >= 15 is 0 Å². The van der Waals surface area contributed by atoms with Crippen LogP contribution in [0.15, 0.2) is 0 Å². The molecule has 0 rings (SSSR count). The number of hydrogen-bond donors (Lipinski definition) is 0. The van der Waals surface area contributed by atoms with Crippen LogP contribution in [0.1, 0.15) is 0 Å². The molecule has 0 unspecified atom stereocenters. The summed E-state index contributed by atoms with van der Waals surface area (Å²) in [4.78, 5) is 0. The van der Waals surface area contributed by atoms with E-state index in [2.05, 4.69) is 0 Å². The van der Waals surface area contributed by atoms with Gasteiger partial charge in [0.25, 0.3) is 0 Å².